The van der Waals surface area contributed by atoms with E-state index in [1.807, 2.05) is 18.2 Å². The quantitative estimate of drug-likeness (QED) is 0.889. The van der Waals surface area contributed by atoms with Crippen LogP contribution in [0.4, 0.5) is 0 Å². The number of halogens is 2. The third-order valence-electron chi connectivity index (χ3n) is 3.20. The summed E-state index contributed by atoms with van der Waals surface area (Å²) in [6.07, 6.45) is 1.37. The number of rotatable bonds is 4. The highest BCUT2D eigenvalue weighted by molar-refractivity contribution is 9.10. The molecule has 1 heterocycles. The van der Waals surface area contributed by atoms with Gasteiger partial charge in [0.15, 0.2) is 0 Å². The van der Waals surface area contributed by atoms with Gasteiger partial charge in [-0.25, -0.2) is 0 Å². The molecule has 0 unspecified atom stereocenters. The van der Waals surface area contributed by atoms with Gasteiger partial charge in [-0.15, -0.1) is 0 Å². The standard InChI is InChI=1S/C13H17BrClNO2/c14-11-1-2-12(15)10(7-11)8-16-9-13(17)3-5-18-6-4-13/h1-2,7,16-17H,3-6,8-9H2. The fourth-order valence-electron chi connectivity index (χ4n) is 2.04. The normalized spacial score (nSPS) is 18.8. The average Bonchev–Trinajstić information content (AvgIpc) is 2.34. The van der Waals surface area contributed by atoms with E-state index in [2.05, 4.69) is 21.2 Å². The van der Waals surface area contributed by atoms with Crippen LogP contribution in [0.2, 0.25) is 5.02 Å². The predicted octanol–water partition coefficient (Wildman–Crippen LogP) is 2.73. The first-order chi connectivity index (χ1) is 8.59. The van der Waals surface area contributed by atoms with Crippen LogP contribution in [0.15, 0.2) is 22.7 Å². The van der Waals surface area contributed by atoms with Crippen LogP contribution < -0.4 is 5.32 Å². The molecule has 1 saturated heterocycles. The average molecular weight is 335 g/mol. The molecule has 1 aromatic carbocycles. The number of nitrogens with one attached hydrogen (secondary N) is 1. The van der Waals surface area contributed by atoms with E-state index in [9.17, 15) is 5.11 Å². The van der Waals surface area contributed by atoms with Crippen LogP contribution in [0.5, 0.6) is 0 Å². The molecule has 0 bridgehead atoms. The first kappa shape index (κ1) is 14.3. The molecular formula is C13H17BrClNO2. The van der Waals surface area contributed by atoms with Crippen molar-refractivity contribution in [2.45, 2.75) is 25.0 Å². The molecule has 0 saturated carbocycles. The summed E-state index contributed by atoms with van der Waals surface area (Å²) < 4.78 is 6.26. The summed E-state index contributed by atoms with van der Waals surface area (Å²) >= 11 is 9.53. The van der Waals surface area contributed by atoms with Crippen LogP contribution in [0.25, 0.3) is 0 Å². The number of ether oxygens (including phenoxy) is 1. The molecule has 0 radical (unpaired) electrons. The van der Waals surface area contributed by atoms with Gasteiger partial charge in [-0.3, -0.25) is 0 Å². The minimum Gasteiger partial charge on any atom is -0.388 e. The van der Waals surface area contributed by atoms with Gasteiger partial charge in [0.1, 0.15) is 0 Å². The van der Waals surface area contributed by atoms with Gasteiger partial charge in [0.2, 0.25) is 0 Å². The fourth-order valence-corrected chi connectivity index (χ4v) is 2.63. The topological polar surface area (TPSA) is 41.5 Å². The monoisotopic (exact) mass is 333 g/mol. The molecule has 1 aliphatic rings. The second kappa shape index (κ2) is 6.35. The molecule has 0 atom stereocenters. The number of hydrogen-bond donors (Lipinski definition) is 2. The highest BCUT2D eigenvalue weighted by Gasteiger charge is 2.29. The van der Waals surface area contributed by atoms with Gasteiger partial charge in [-0.1, -0.05) is 27.5 Å². The van der Waals surface area contributed by atoms with Crippen LogP contribution in [0.1, 0.15) is 18.4 Å². The van der Waals surface area contributed by atoms with Gasteiger partial charge in [-0.05, 0) is 23.8 Å². The maximum Gasteiger partial charge on any atom is 0.0815 e. The lowest BCUT2D eigenvalue weighted by atomic mass is 9.94. The van der Waals surface area contributed by atoms with Crippen LogP contribution >= 0.6 is 27.5 Å². The highest BCUT2D eigenvalue weighted by atomic mass is 79.9. The van der Waals surface area contributed by atoms with Crippen molar-refractivity contribution < 1.29 is 9.84 Å². The van der Waals surface area contributed by atoms with Crippen LogP contribution in [0.3, 0.4) is 0 Å². The maximum absolute atomic E-state index is 10.3. The molecule has 100 valence electrons. The van der Waals surface area contributed by atoms with Gasteiger partial charge < -0.3 is 15.2 Å². The molecule has 2 rings (SSSR count). The Morgan fingerprint density at radius 2 is 2.11 bits per heavy atom. The van der Waals surface area contributed by atoms with Crippen LogP contribution in [0, 0.1) is 0 Å². The van der Waals surface area contributed by atoms with Gasteiger partial charge >= 0.3 is 0 Å². The molecule has 1 aromatic rings. The lowest BCUT2D eigenvalue weighted by Crippen LogP contribution is -2.44. The lowest BCUT2D eigenvalue weighted by molar-refractivity contribution is -0.0617. The van der Waals surface area contributed by atoms with Crippen molar-refractivity contribution in [3.8, 4) is 0 Å². The minimum atomic E-state index is -0.642. The van der Waals surface area contributed by atoms with E-state index in [0.717, 1.165) is 15.1 Å². The Labute approximate surface area is 121 Å². The van der Waals surface area contributed by atoms with Crippen molar-refractivity contribution in [3.05, 3.63) is 33.3 Å². The predicted molar refractivity (Wildman–Crippen MR) is 75.9 cm³/mol. The Bertz CT molecular complexity index is 408. The van der Waals surface area contributed by atoms with E-state index in [1.165, 1.54) is 0 Å². The zero-order valence-corrected chi connectivity index (χ0v) is 12.4. The van der Waals surface area contributed by atoms with Crippen molar-refractivity contribution >= 4 is 27.5 Å². The molecule has 0 aliphatic carbocycles. The minimum absolute atomic E-state index is 0.569. The van der Waals surface area contributed by atoms with Gasteiger partial charge in [0, 0.05) is 48.6 Å². The van der Waals surface area contributed by atoms with Crippen LogP contribution in [-0.2, 0) is 11.3 Å². The zero-order chi connectivity index (χ0) is 13.0. The Hall–Kier alpha value is -0.130. The largest absolute Gasteiger partial charge is 0.388 e. The third kappa shape index (κ3) is 3.93. The van der Waals surface area contributed by atoms with E-state index in [4.69, 9.17) is 16.3 Å². The van der Waals surface area contributed by atoms with E-state index < -0.39 is 5.60 Å². The summed E-state index contributed by atoms with van der Waals surface area (Å²) in [5, 5.41) is 14.3. The molecule has 18 heavy (non-hydrogen) atoms. The highest BCUT2D eigenvalue weighted by Crippen LogP contribution is 2.22. The van der Waals surface area contributed by atoms with Crippen molar-refractivity contribution in [3.63, 3.8) is 0 Å². The number of hydrogen-bond acceptors (Lipinski definition) is 3. The Morgan fingerprint density at radius 3 is 2.83 bits per heavy atom. The van der Waals surface area contributed by atoms with E-state index >= 15 is 0 Å². The third-order valence-corrected chi connectivity index (χ3v) is 4.06. The van der Waals surface area contributed by atoms with Crippen molar-refractivity contribution in [2.75, 3.05) is 19.8 Å². The van der Waals surface area contributed by atoms with E-state index in [0.29, 0.717) is 39.1 Å². The molecular weight excluding hydrogens is 318 g/mol. The molecule has 0 aromatic heterocycles. The Kier molecular flexibility index (Phi) is 5.04. The molecule has 0 amide bonds. The van der Waals surface area contributed by atoms with Gasteiger partial charge in [0.05, 0.1) is 5.60 Å². The molecule has 0 spiro atoms. The first-order valence-corrected chi connectivity index (χ1v) is 7.21. The molecule has 3 nitrogen and oxygen atoms in total. The molecule has 5 heteroatoms. The van der Waals surface area contributed by atoms with Crippen molar-refractivity contribution in [1.82, 2.24) is 5.32 Å². The summed E-state index contributed by atoms with van der Waals surface area (Å²) in [6.45, 7) is 2.49. The van der Waals surface area contributed by atoms with E-state index in [1.54, 1.807) is 0 Å². The SMILES string of the molecule is OC1(CNCc2cc(Br)ccc2Cl)CCOCC1. The number of benzene rings is 1. The zero-order valence-electron chi connectivity index (χ0n) is 10.1. The summed E-state index contributed by atoms with van der Waals surface area (Å²) in [5.74, 6) is 0. The summed E-state index contributed by atoms with van der Waals surface area (Å²) in [4.78, 5) is 0. The summed E-state index contributed by atoms with van der Waals surface area (Å²) in [5.41, 5.74) is 0.387. The molecule has 2 N–H and O–H groups in total. The van der Waals surface area contributed by atoms with Crippen molar-refractivity contribution in [2.24, 2.45) is 0 Å². The summed E-state index contributed by atoms with van der Waals surface area (Å²) in [6, 6.07) is 5.77. The molecule has 1 aliphatic heterocycles. The van der Waals surface area contributed by atoms with Crippen LogP contribution in [-0.4, -0.2) is 30.5 Å². The first-order valence-electron chi connectivity index (χ1n) is 6.04. The maximum atomic E-state index is 10.3. The molecule has 1 fully saturated rings. The second-order valence-electron chi connectivity index (χ2n) is 4.68. The van der Waals surface area contributed by atoms with Gasteiger partial charge in [-0.2, -0.15) is 0 Å². The second-order valence-corrected chi connectivity index (χ2v) is 6.00. The van der Waals surface area contributed by atoms with Gasteiger partial charge in [0.25, 0.3) is 0 Å². The smallest absolute Gasteiger partial charge is 0.0815 e. The Morgan fingerprint density at radius 1 is 1.39 bits per heavy atom. The number of aliphatic hydroxyl groups is 1. The lowest BCUT2D eigenvalue weighted by Gasteiger charge is -2.32. The fraction of sp³-hybridized carbons (Fsp3) is 0.538. The van der Waals surface area contributed by atoms with Crippen molar-refractivity contribution in [1.29, 1.82) is 0 Å². The summed E-state index contributed by atoms with van der Waals surface area (Å²) in [7, 11) is 0. The Balaban J connectivity index is 1.86. The van der Waals surface area contributed by atoms with E-state index in [-0.39, 0.29) is 0 Å².